The van der Waals surface area contributed by atoms with E-state index in [0.29, 0.717) is 16.4 Å². The summed E-state index contributed by atoms with van der Waals surface area (Å²) < 4.78 is 13.2. The Hall–Kier alpha value is -3.48. The van der Waals surface area contributed by atoms with Gasteiger partial charge in [0.25, 0.3) is 0 Å². The van der Waals surface area contributed by atoms with Crippen LogP contribution in [-0.2, 0) is 16.4 Å². The maximum Gasteiger partial charge on any atom is 0.137 e. The van der Waals surface area contributed by atoms with Gasteiger partial charge in [0.05, 0.1) is 22.7 Å². The minimum atomic E-state index is -1.32. The lowest BCUT2D eigenvalue weighted by molar-refractivity contribution is 0.0979. The van der Waals surface area contributed by atoms with Gasteiger partial charge in [-0.05, 0) is 48.9 Å². The third-order valence-electron chi connectivity index (χ3n) is 5.50. The molecule has 0 fully saturated rings. The Kier molecular flexibility index (Phi) is 4.81. The molecule has 2 unspecified atom stereocenters. The Morgan fingerprint density at radius 1 is 0.935 bits per heavy atom. The largest absolute Gasteiger partial charge is 0.379 e. The summed E-state index contributed by atoms with van der Waals surface area (Å²) in [7, 11) is -1.32. The molecule has 0 saturated carbocycles. The zero-order valence-electron chi connectivity index (χ0n) is 16.9. The second kappa shape index (κ2) is 7.65. The quantitative estimate of drug-likeness (QED) is 0.370. The van der Waals surface area contributed by atoms with Crippen LogP contribution in [0.3, 0.4) is 0 Å². The molecule has 5 aromatic rings. The van der Waals surface area contributed by atoms with Crippen molar-refractivity contribution in [1.82, 2.24) is 15.0 Å². The van der Waals surface area contributed by atoms with Crippen LogP contribution in [0.25, 0.3) is 22.3 Å². The van der Waals surface area contributed by atoms with Crippen molar-refractivity contribution in [2.45, 2.75) is 22.3 Å². The average Bonchev–Trinajstić information content (AvgIpc) is 3.49. The molecule has 0 saturated heterocycles. The maximum atomic E-state index is 13.2. The minimum Gasteiger partial charge on any atom is -0.379 e. The Bertz CT molecular complexity index is 1390. The lowest BCUT2D eigenvalue weighted by Crippen LogP contribution is -2.23. The first-order valence-electron chi connectivity index (χ1n) is 9.95. The van der Waals surface area contributed by atoms with Gasteiger partial charge in [-0.2, -0.15) is 0 Å². The van der Waals surface area contributed by atoms with E-state index >= 15 is 0 Å². The number of aromatic nitrogens is 3. The predicted octanol–water partition coefficient (Wildman–Crippen LogP) is 4.98. The number of fused-ring (bicyclic) bond motifs is 1. The minimum absolute atomic E-state index is 0.595. The van der Waals surface area contributed by atoms with Crippen LogP contribution in [0.4, 0.5) is 0 Å². The molecule has 0 bridgehead atoms. The van der Waals surface area contributed by atoms with Crippen LogP contribution in [0.1, 0.15) is 18.2 Å². The number of benzene rings is 3. The molecular weight excluding hydrogens is 406 g/mol. The Morgan fingerprint density at radius 3 is 2.58 bits per heavy atom. The molecule has 0 radical (unpaired) electrons. The monoisotopic (exact) mass is 427 g/mol. The molecule has 154 valence electrons. The molecule has 3 N–H and O–H groups in total. The summed E-state index contributed by atoms with van der Waals surface area (Å²) >= 11 is 0. The van der Waals surface area contributed by atoms with Crippen molar-refractivity contribution in [1.29, 1.82) is 0 Å². The second-order valence-electron chi connectivity index (χ2n) is 7.61. The van der Waals surface area contributed by atoms with Gasteiger partial charge in [0, 0.05) is 32.5 Å². The number of nitrogens with one attached hydrogen (secondary N) is 2. The van der Waals surface area contributed by atoms with E-state index in [1.54, 1.807) is 13.1 Å². The SMILES string of the molecule is CC(O)(c1ccccc1)c1cnc(-c2cccc(S(=O)c3ccc4[nH]ccc4c3)c2)[nH]1. The Morgan fingerprint density at radius 2 is 1.74 bits per heavy atom. The highest BCUT2D eigenvalue weighted by Gasteiger charge is 2.27. The van der Waals surface area contributed by atoms with Crippen molar-refractivity contribution >= 4 is 21.7 Å². The normalized spacial score (nSPS) is 14.4. The topological polar surface area (TPSA) is 81.8 Å². The fourth-order valence-electron chi connectivity index (χ4n) is 3.67. The lowest BCUT2D eigenvalue weighted by Gasteiger charge is -2.22. The molecule has 0 aliphatic rings. The number of hydrogen-bond donors (Lipinski definition) is 3. The highest BCUT2D eigenvalue weighted by atomic mass is 32.2. The molecule has 0 aliphatic heterocycles. The summed E-state index contributed by atoms with van der Waals surface area (Å²) in [5.41, 5.74) is 2.00. The molecule has 2 aromatic heterocycles. The van der Waals surface area contributed by atoms with E-state index in [-0.39, 0.29) is 0 Å². The van der Waals surface area contributed by atoms with Gasteiger partial charge in [-0.15, -0.1) is 0 Å². The standard InChI is InChI=1S/C25H21N3O2S/c1-25(29,19-7-3-2-4-8-19)23-16-27-24(28-23)18-6-5-9-20(15-18)31(30)21-10-11-22-17(14-21)12-13-26-22/h2-16,26,29H,1H3,(H,27,28). The van der Waals surface area contributed by atoms with Gasteiger partial charge in [0.15, 0.2) is 0 Å². The fourth-order valence-corrected chi connectivity index (χ4v) is 4.81. The van der Waals surface area contributed by atoms with Crippen LogP contribution in [0.15, 0.2) is 101 Å². The number of H-pyrrole nitrogens is 2. The summed E-state index contributed by atoms with van der Waals surface area (Å²) in [6.07, 6.45) is 3.52. The molecule has 5 rings (SSSR count). The summed E-state index contributed by atoms with van der Waals surface area (Å²) in [6, 6.07) is 24.7. The van der Waals surface area contributed by atoms with Gasteiger partial charge in [-0.3, -0.25) is 0 Å². The van der Waals surface area contributed by atoms with Crippen LogP contribution in [0.2, 0.25) is 0 Å². The van der Waals surface area contributed by atoms with E-state index in [4.69, 9.17) is 0 Å². The van der Waals surface area contributed by atoms with Crippen molar-refractivity contribution in [3.63, 3.8) is 0 Å². The summed E-state index contributed by atoms with van der Waals surface area (Å²) in [6.45, 7) is 1.74. The zero-order chi connectivity index (χ0) is 21.4. The summed E-state index contributed by atoms with van der Waals surface area (Å²) in [5.74, 6) is 0.617. The van der Waals surface area contributed by atoms with Crippen LogP contribution >= 0.6 is 0 Å². The van der Waals surface area contributed by atoms with Gasteiger partial charge >= 0.3 is 0 Å². The number of rotatable bonds is 5. The molecule has 0 aliphatic carbocycles. The number of aromatic amines is 2. The average molecular weight is 428 g/mol. The van der Waals surface area contributed by atoms with E-state index in [2.05, 4.69) is 15.0 Å². The summed E-state index contributed by atoms with van der Waals surface area (Å²) in [5, 5.41) is 12.1. The van der Waals surface area contributed by atoms with Crippen molar-refractivity contribution < 1.29 is 9.32 Å². The van der Waals surface area contributed by atoms with Crippen molar-refractivity contribution in [2.24, 2.45) is 0 Å². The number of nitrogens with zero attached hydrogens (tertiary/aromatic N) is 1. The predicted molar refractivity (Wildman–Crippen MR) is 122 cm³/mol. The molecule has 0 spiro atoms. The summed E-state index contributed by atoms with van der Waals surface area (Å²) in [4.78, 5) is 12.3. The van der Waals surface area contributed by atoms with Crippen LogP contribution in [0, 0.1) is 0 Å². The number of hydrogen-bond acceptors (Lipinski definition) is 3. The van der Waals surface area contributed by atoms with Crippen molar-refractivity contribution in [3.05, 3.63) is 103 Å². The first-order chi connectivity index (χ1) is 15.0. The first-order valence-corrected chi connectivity index (χ1v) is 11.1. The molecule has 6 heteroatoms. The Labute approximate surface area is 182 Å². The van der Waals surface area contributed by atoms with Gasteiger partial charge in [0.2, 0.25) is 0 Å². The van der Waals surface area contributed by atoms with Gasteiger partial charge in [-0.1, -0.05) is 42.5 Å². The highest BCUT2D eigenvalue weighted by molar-refractivity contribution is 7.85. The zero-order valence-corrected chi connectivity index (χ0v) is 17.7. The van der Waals surface area contributed by atoms with Gasteiger partial charge in [0.1, 0.15) is 11.4 Å². The highest BCUT2D eigenvalue weighted by Crippen LogP contribution is 2.30. The lowest BCUT2D eigenvalue weighted by atomic mass is 9.93. The van der Waals surface area contributed by atoms with Crippen molar-refractivity contribution in [2.75, 3.05) is 0 Å². The Balaban J connectivity index is 1.46. The molecule has 2 atom stereocenters. The molecule has 2 heterocycles. The maximum absolute atomic E-state index is 13.2. The molecular formula is C25H21N3O2S. The van der Waals surface area contributed by atoms with Gasteiger partial charge in [-0.25, -0.2) is 9.19 Å². The molecule has 3 aromatic carbocycles. The van der Waals surface area contributed by atoms with Gasteiger partial charge < -0.3 is 15.1 Å². The van der Waals surface area contributed by atoms with Crippen LogP contribution < -0.4 is 0 Å². The molecule has 31 heavy (non-hydrogen) atoms. The van der Waals surface area contributed by atoms with E-state index in [0.717, 1.165) is 26.9 Å². The van der Waals surface area contributed by atoms with E-state index < -0.39 is 16.4 Å². The molecule has 5 nitrogen and oxygen atoms in total. The fraction of sp³-hybridized carbons (Fsp3) is 0.0800. The number of aliphatic hydroxyl groups is 1. The van der Waals surface area contributed by atoms with Crippen LogP contribution in [0.5, 0.6) is 0 Å². The van der Waals surface area contributed by atoms with E-state index in [1.165, 1.54) is 0 Å². The third-order valence-corrected chi connectivity index (χ3v) is 6.86. The molecule has 0 amide bonds. The van der Waals surface area contributed by atoms with E-state index in [9.17, 15) is 9.32 Å². The number of imidazole rings is 1. The second-order valence-corrected chi connectivity index (χ2v) is 9.09. The van der Waals surface area contributed by atoms with E-state index in [1.807, 2.05) is 85.1 Å². The first kappa shape index (κ1) is 19.5. The van der Waals surface area contributed by atoms with Crippen LogP contribution in [-0.4, -0.2) is 24.3 Å². The van der Waals surface area contributed by atoms with Crippen molar-refractivity contribution in [3.8, 4) is 11.4 Å². The smallest absolute Gasteiger partial charge is 0.137 e. The third kappa shape index (κ3) is 3.60.